The standard InChI is InChI=1S/C18H28N2O/c1-14-8-7-11-20(13-14)16(3)18(21)19-12-15(2)17-9-5-4-6-10-17/h4-6,9-10,14-16H,7-8,11-13H2,1-3H3,(H,19,21). The van der Waals surface area contributed by atoms with Gasteiger partial charge in [0.15, 0.2) is 0 Å². The number of nitrogens with one attached hydrogen (secondary N) is 1. The highest BCUT2D eigenvalue weighted by atomic mass is 16.2. The molecule has 1 fully saturated rings. The summed E-state index contributed by atoms with van der Waals surface area (Å²) in [4.78, 5) is 14.6. The Hall–Kier alpha value is -1.35. The molecule has 21 heavy (non-hydrogen) atoms. The van der Waals surface area contributed by atoms with Crippen LogP contribution >= 0.6 is 0 Å². The van der Waals surface area contributed by atoms with Gasteiger partial charge in [-0.15, -0.1) is 0 Å². The van der Waals surface area contributed by atoms with Crippen molar-refractivity contribution < 1.29 is 4.79 Å². The van der Waals surface area contributed by atoms with Gasteiger partial charge >= 0.3 is 0 Å². The Morgan fingerprint density at radius 1 is 1.33 bits per heavy atom. The van der Waals surface area contributed by atoms with Crippen molar-refractivity contribution in [3.05, 3.63) is 35.9 Å². The molecule has 1 N–H and O–H groups in total. The summed E-state index contributed by atoms with van der Waals surface area (Å²) in [5.41, 5.74) is 1.28. The number of nitrogens with zero attached hydrogens (tertiary/aromatic N) is 1. The maximum absolute atomic E-state index is 12.3. The van der Waals surface area contributed by atoms with E-state index in [1.165, 1.54) is 18.4 Å². The van der Waals surface area contributed by atoms with Crippen molar-refractivity contribution >= 4 is 5.91 Å². The van der Waals surface area contributed by atoms with E-state index < -0.39 is 0 Å². The molecule has 0 aromatic heterocycles. The lowest BCUT2D eigenvalue weighted by atomic mass is 9.98. The number of likely N-dealkylation sites (tertiary alicyclic amines) is 1. The Kier molecular flexibility index (Phi) is 5.80. The molecule has 3 nitrogen and oxygen atoms in total. The van der Waals surface area contributed by atoms with Crippen molar-refractivity contribution in [1.29, 1.82) is 0 Å². The fourth-order valence-corrected chi connectivity index (χ4v) is 3.04. The van der Waals surface area contributed by atoms with Gasteiger partial charge in [0.2, 0.25) is 5.91 Å². The number of benzene rings is 1. The zero-order chi connectivity index (χ0) is 15.2. The van der Waals surface area contributed by atoms with Gasteiger partial charge in [-0.05, 0) is 43.7 Å². The molecule has 0 spiro atoms. The molecule has 1 aromatic rings. The lowest BCUT2D eigenvalue weighted by Crippen LogP contribution is -2.49. The fourth-order valence-electron chi connectivity index (χ4n) is 3.04. The second-order valence-electron chi connectivity index (χ2n) is 6.48. The Bertz CT molecular complexity index is 446. The highest BCUT2D eigenvalue weighted by Crippen LogP contribution is 2.18. The van der Waals surface area contributed by atoms with Crippen LogP contribution in [0.25, 0.3) is 0 Å². The number of rotatable bonds is 5. The first-order chi connectivity index (χ1) is 10.1. The third kappa shape index (κ3) is 4.57. The molecule has 1 aliphatic heterocycles. The number of hydrogen-bond acceptors (Lipinski definition) is 2. The summed E-state index contributed by atoms with van der Waals surface area (Å²) in [5.74, 6) is 1.21. The molecule has 3 unspecified atom stereocenters. The maximum atomic E-state index is 12.3. The van der Waals surface area contributed by atoms with Crippen molar-refractivity contribution in [1.82, 2.24) is 10.2 Å². The summed E-state index contributed by atoms with van der Waals surface area (Å²) in [6.45, 7) is 9.25. The van der Waals surface area contributed by atoms with Crippen molar-refractivity contribution in [3.63, 3.8) is 0 Å². The lowest BCUT2D eigenvalue weighted by Gasteiger charge is -2.34. The van der Waals surface area contributed by atoms with Gasteiger partial charge in [0, 0.05) is 13.1 Å². The molecular formula is C18H28N2O. The largest absolute Gasteiger partial charge is 0.354 e. The molecular weight excluding hydrogens is 260 g/mol. The van der Waals surface area contributed by atoms with Gasteiger partial charge in [-0.25, -0.2) is 0 Å². The molecule has 1 aliphatic rings. The second-order valence-corrected chi connectivity index (χ2v) is 6.48. The number of amides is 1. The summed E-state index contributed by atoms with van der Waals surface area (Å²) >= 11 is 0. The summed E-state index contributed by atoms with van der Waals surface area (Å²) in [5, 5.41) is 3.11. The van der Waals surface area contributed by atoms with Gasteiger partial charge in [0.05, 0.1) is 6.04 Å². The van der Waals surface area contributed by atoms with E-state index in [-0.39, 0.29) is 11.9 Å². The molecule has 0 aliphatic carbocycles. The number of piperidine rings is 1. The average Bonchev–Trinajstić information content (AvgIpc) is 2.52. The van der Waals surface area contributed by atoms with Crippen LogP contribution in [0.4, 0.5) is 0 Å². The smallest absolute Gasteiger partial charge is 0.237 e. The van der Waals surface area contributed by atoms with E-state index in [1.54, 1.807) is 0 Å². The van der Waals surface area contributed by atoms with Crippen LogP contribution in [0.5, 0.6) is 0 Å². The van der Waals surface area contributed by atoms with E-state index in [0.29, 0.717) is 18.4 Å². The normalized spacial score (nSPS) is 22.5. The van der Waals surface area contributed by atoms with Crippen LogP contribution in [-0.2, 0) is 4.79 Å². The Balaban J connectivity index is 1.81. The van der Waals surface area contributed by atoms with Crippen molar-refractivity contribution in [3.8, 4) is 0 Å². The topological polar surface area (TPSA) is 32.3 Å². The minimum Gasteiger partial charge on any atom is -0.354 e. The third-order valence-corrected chi connectivity index (χ3v) is 4.57. The van der Waals surface area contributed by atoms with E-state index in [4.69, 9.17) is 0 Å². The first-order valence-corrected chi connectivity index (χ1v) is 8.14. The SMILES string of the molecule is CC1CCCN(C(C)C(=O)NCC(C)c2ccccc2)C1. The minimum atomic E-state index is -0.0178. The summed E-state index contributed by atoms with van der Waals surface area (Å²) in [7, 11) is 0. The Morgan fingerprint density at radius 2 is 2.05 bits per heavy atom. The van der Waals surface area contributed by atoms with Crippen LogP contribution in [0, 0.1) is 5.92 Å². The molecule has 1 amide bonds. The average molecular weight is 288 g/mol. The molecule has 0 radical (unpaired) electrons. The van der Waals surface area contributed by atoms with E-state index in [9.17, 15) is 4.79 Å². The predicted molar refractivity (Wildman–Crippen MR) is 87.3 cm³/mol. The molecule has 0 bridgehead atoms. The number of carbonyl (C=O) groups excluding carboxylic acids is 1. The summed E-state index contributed by atoms with van der Waals surface area (Å²) < 4.78 is 0. The van der Waals surface area contributed by atoms with E-state index in [0.717, 1.165) is 13.1 Å². The summed E-state index contributed by atoms with van der Waals surface area (Å²) in [6, 6.07) is 10.3. The highest BCUT2D eigenvalue weighted by Gasteiger charge is 2.25. The van der Waals surface area contributed by atoms with Gasteiger partial charge in [-0.3, -0.25) is 9.69 Å². The van der Waals surface area contributed by atoms with Crippen molar-refractivity contribution in [2.75, 3.05) is 19.6 Å². The van der Waals surface area contributed by atoms with Crippen molar-refractivity contribution in [2.24, 2.45) is 5.92 Å². The molecule has 0 saturated carbocycles. The lowest BCUT2D eigenvalue weighted by molar-refractivity contribution is -0.126. The molecule has 2 rings (SSSR count). The molecule has 116 valence electrons. The second kappa shape index (κ2) is 7.60. The van der Waals surface area contributed by atoms with Crippen molar-refractivity contribution in [2.45, 2.75) is 45.6 Å². The predicted octanol–water partition coefficient (Wildman–Crippen LogP) is 3.03. The highest BCUT2D eigenvalue weighted by molar-refractivity contribution is 5.81. The number of carbonyl (C=O) groups is 1. The van der Waals surface area contributed by atoms with Crippen LogP contribution in [0.15, 0.2) is 30.3 Å². The zero-order valence-electron chi connectivity index (χ0n) is 13.5. The quantitative estimate of drug-likeness (QED) is 0.903. The minimum absolute atomic E-state index is 0.0178. The molecule has 3 atom stereocenters. The van der Waals surface area contributed by atoms with Crippen LogP contribution < -0.4 is 5.32 Å². The van der Waals surface area contributed by atoms with E-state index in [1.807, 2.05) is 25.1 Å². The maximum Gasteiger partial charge on any atom is 0.237 e. The number of hydrogen-bond donors (Lipinski definition) is 1. The van der Waals surface area contributed by atoms with E-state index >= 15 is 0 Å². The van der Waals surface area contributed by atoms with E-state index in [2.05, 4.69) is 36.2 Å². The summed E-state index contributed by atoms with van der Waals surface area (Å²) in [6.07, 6.45) is 2.50. The van der Waals surface area contributed by atoms with Gasteiger partial charge in [-0.2, -0.15) is 0 Å². The van der Waals surface area contributed by atoms with Gasteiger partial charge < -0.3 is 5.32 Å². The van der Waals surface area contributed by atoms with Crippen LogP contribution in [0.3, 0.4) is 0 Å². The Morgan fingerprint density at radius 3 is 2.71 bits per heavy atom. The molecule has 1 aromatic carbocycles. The van der Waals surface area contributed by atoms with Crippen LogP contribution in [0.2, 0.25) is 0 Å². The Labute approximate surface area is 128 Å². The first kappa shape index (κ1) is 16.0. The fraction of sp³-hybridized carbons (Fsp3) is 0.611. The first-order valence-electron chi connectivity index (χ1n) is 8.14. The zero-order valence-corrected chi connectivity index (χ0v) is 13.5. The molecule has 1 heterocycles. The van der Waals surface area contributed by atoms with Gasteiger partial charge in [0.1, 0.15) is 0 Å². The van der Waals surface area contributed by atoms with Crippen LogP contribution in [-0.4, -0.2) is 36.5 Å². The van der Waals surface area contributed by atoms with Gasteiger partial charge in [-0.1, -0.05) is 44.2 Å². The van der Waals surface area contributed by atoms with Gasteiger partial charge in [0.25, 0.3) is 0 Å². The third-order valence-electron chi connectivity index (χ3n) is 4.57. The molecule has 1 saturated heterocycles. The monoisotopic (exact) mass is 288 g/mol. The van der Waals surface area contributed by atoms with Crippen LogP contribution in [0.1, 0.15) is 45.1 Å². The molecule has 3 heteroatoms.